The van der Waals surface area contributed by atoms with E-state index in [1.165, 1.54) is 44.9 Å². The molecule has 0 amide bonds. The fourth-order valence-corrected chi connectivity index (χ4v) is 9.61. The highest BCUT2D eigenvalue weighted by Crippen LogP contribution is 2.68. The van der Waals surface area contributed by atoms with Gasteiger partial charge in [0.05, 0.1) is 12.2 Å². The maximum absolute atomic E-state index is 11.8. The summed E-state index contributed by atoms with van der Waals surface area (Å²) in [7, 11) is 0. The number of ether oxygens (including phenoxy) is 3. The van der Waals surface area contributed by atoms with Gasteiger partial charge in [-0.2, -0.15) is 0 Å². The Bertz CT molecular complexity index is 802. The van der Waals surface area contributed by atoms with Crippen molar-refractivity contribution in [3.63, 3.8) is 0 Å². The van der Waals surface area contributed by atoms with Crippen molar-refractivity contribution in [1.82, 2.24) is 0 Å². The van der Waals surface area contributed by atoms with E-state index in [4.69, 9.17) is 14.2 Å². The first kappa shape index (κ1) is 22.5. The van der Waals surface area contributed by atoms with Gasteiger partial charge in [0.2, 0.25) is 0 Å². The van der Waals surface area contributed by atoms with Crippen molar-refractivity contribution in [2.45, 2.75) is 103 Å². The Morgan fingerprint density at radius 2 is 1.88 bits per heavy atom. The first-order valence-electron chi connectivity index (χ1n) is 13.7. The molecule has 1 unspecified atom stereocenters. The number of hydrogen-bond donors (Lipinski definition) is 1. The van der Waals surface area contributed by atoms with Crippen LogP contribution in [0.15, 0.2) is 11.6 Å². The van der Waals surface area contributed by atoms with Crippen molar-refractivity contribution in [1.29, 1.82) is 0 Å². The molecule has 6 rings (SSSR count). The highest BCUT2D eigenvalue weighted by atomic mass is 16.7. The molecule has 5 nitrogen and oxygen atoms in total. The van der Waals surface area contributed by atoms with Crippen LogP contribution < -0.4 is 0 Å². The van der Waals surface area contributed by atoms with Crippen molar-refractivity contribution in [3.05, 3.63) is 11.6 Å². The molecule has 5 heteroatoms. The summed E-state index contributed by atoms with van der Waals surface area (Å²) in [4.78, 5) is 11.8. The zero-order chi connectivity index (χ0) is 22.8. The quantitative estimate of drug-likeness (QED) is 0.476. The van der Waals surface area contributed by atoms with Crippen molar-refractivity contribution < 1.29 is 24.1 Å². The van der Waals surface area contributed by atoms with Crippen LogP contribution in [0.4, 0.5) is 0 Å². The van der Waals surface area contributed by atoms with Crippen LogP contribution in [-0.4, -0.2) is 42.8 Å². The van der Waals surface area contributed by atoms with Crippen LogP contribution in [0.25, 0.3) is 0 Å². The summed E-state index contributed by atoms with van der Waals surface area (Å²) in [6, 6.07) is 0. The molecule has 0 aromatic carbocycles. The number of hydrogen-bond acceptors (Lipinski definition) is 5. The van der Waals surface area contributed by atoms with E-state index in [1.807, 2.05) is 0 Å². The third-order valence-electron chi connectivity index (χ3n) is 11.2. The van der Waals surface area contributed by atoms with E-state index in [1.54, 1.807) is 6.08 Å². The molecule has 1 N–H and O–H groups in total. The summed E-state index contributed by atoms with van der Waals surface area (Å²) >= 11 is 0. The zero-order valence-electron chi connectivity index (χ0n) is 20.5. The summed E-state index contributed by atoms with van der Waals surface area (Å²) in [6.45, 7) is 6.25. The number of cyclic esters (lactones) is 1. The minimum absolute atomic E-state index is 0.0196. The Morgan fingerprint density at radius 1 is 1.03 bits per heavy atom. The minimum atomic E-state index is -0.257. The molecule has 4 aliphatic carbocycles. The van der Waals surface area contributed by atoms with Gasteiger partial charge in [0.1, 0.15) is 6.61 Å². The number of rotatable bonds is 3. The Labute approximate surface area is 198 Å². The first-order valence-corrected chi connectivity index (χ1v) is 13.7. The van der Waals surface area contributed by atoms with E-state index in [-0.39, 0.29) is 29.7 Å². The Hall–Kier alpha value is -0.910. The molecule has 5 fully saturated rings. The topological polar surface area (TPSA) is 65.0 Å². The molecule has 0 aromatic heterocycles. The van der Waals surface area contributed by atoms with Gasteiger partial charge in [-0.25, -0.2) is 4.79 Å². The van der Waals surface area contributed by atoms with E-state index < -0.39 is 0 Å². The molecule has 0 radical (unpaired) electrons. The third-order valence-corrected chi connectivity index (χ3v) is 11.2. The smallest absolute Gasteiger partial charge is 0.331 e. The average Bonchev–Trinajstić information content (AvgIpc) is 3.34. The van der Waals surface area contributed by atoms with Gasteiger partial charge in [0, 0.05) is 12.7 Å². The monoisotopic (exact) mass is 458 g/mol. The van der Waals surface area contributed by atoms with Gasteiger partial charge in [-0.3, -0.25) is 0 Å². The van der Waals surface area contributed by atoms with Crippen LogP contribution in [0.1, 0.15) is 84.5 Å². The highest BCUT2D eigenvalue weighted by molar-refractivity contribution is 5.85. The normalized spacial score (nSPS) is 51.8. The van der Waals surface area contributed by atoms with E-state index in [0.717, 1.165) is 43.8 Å². The molecule has 2 aliphatic heterocycles. The lowest BCUT2D eigenvalue weighted by Gasteiger charge is -2.61. The van der Waals surface area contributed by atoms with E-state index in [9.17, 15) is 9.90 Å². The SMILES string of the molecule is C[C@]12CC[C@H]3[C@@H](CC[C@@H]4C[C@@H](OC5CCCCO5)CC[C@@]43C)[C@@H]1[C@H](O)C[C@@H]2C1=CC(=O)OC1. The van der Waals surface area contributed by atoms with Crippen LogP contribution in [0.5, 0.6) is 0 Å². The van der Waals surface area contributed by atoms with Gasteiger partial charge in [0.25, 0.3) is 0 Å². The zero-order valence-corrected chi connectivity index (χ0v) is 20.5. The predicted molar refractivity (Wildman–Crippen MR) is 124 cm³/mol. The third kappa shape index (κ3) is 3.63. The molecular formula is C28H42O5. The van der Waals surface area contributed by atoms with Gasteiger partial charge in [-0.15, -0.1) is 0 Å². The van der Waals surface area contributed by atoms with Crippen LogP contribution in [-0.2, 0) is 19.0 Å². The van der Waals surface area contributed by atoms with Crippen molar-refractivity contribution in [2.75, 3.05) is 13.2 Å². The maximum Gasteiger partial charge on any atom is 0.331 e. The van der Waals surface area contributed by atoms with Crippen LogP contribution in [0.3, 0.4) is 0 Å². The van der Waals surface area contributed by atoms with Crippen LogP contribution in [0, 0.1) is 40.4 Å². The Balaban J connectivity index is 1.18. The molecule has 0 spiro atoms. The molecule has 10 atom stereocenters. The van der Waals surface area contributed by atoms with Gasteiger partial charge >= 0.3 is 5.97 Å². The van der Waals surface area contributed by atoms with Crippen LogP contribution >= 0.6 is 0 Å². The van der Waals surface area contributed by atoms with E-state index in [2.05, 4.69) is 13.8 Å². The van der Waals surface area contributed by atoms with Crippen LogP contribution in [0.2, 0.25) is 0 Å². The molecule has 0 bridgehead atoms. The summed E-state index contributed by atoms with van der Waals surface area (Å²) in [5.41, 5.74) is 1.58. The van der Waals surface area contributed by atoms with Crippen molar-refractivity contribution in [2.24, 2.45) is 40.4 Å². The summed E-state index contributed by atoms with van der Waals surface area (Å²) in [6.07, 6.45) is 14.5. The maximum atomic E-state index is 11.8. The number of esters is 1. The van der Waals surface area contributed by atoms with Gasteiger partial charge < -0.3 is 19.3 Å². The molecule has 33 heavy (non-hydrogen) atoms. The number of aliphatic hydroxyl groups is 1. The molecule has 1 saturated heterocycles. The molecular weight excluding hydrogens is 416 g/mol. The summed E-state index contributed by atoms with van der Waals surface area (Å²) < 4.78 is 17.6. The second-order valence-corrected chi connectivity index (χ2v) is 12.6. The second kappa shape index (κ2) is 8.34. The molecule has 184 valence electrons. The lowest BCUT2D eigenvalue weighted by molar-refractivity contribution is -0.213. The van der Waals surface area contributed by atoms with Gasteiger partial charge in [-0.05, 0) is 117 Å². The average molecular weight is 459 g/mol. The lowest BCUT2D eigenvalue weighted by atomic mass is 9.44. The molecule has 0 aromatic rings. The minimum Gasteiger partial charge on any atom is -0.458 e. The number of aliphatic hydroxyl groups excluding tert-OH is 1. The predicted octanol–water partition coefficient (Wildman–Crippen LogP) is 5.01. The lowest BCUT2D eigenvalue weighted by Crippen LogP contribution is -2.55. The second-order valence-electron chi connectivity index (χ2n) is 12.6. The molecule has 4 saturated carbocycles. The van der Waals surface area contributed by atoms with Gasteiger partial charge in [0.15, 0.2) is 6.29 Å². The Morgan fingerprint density at radius 3 is 2.64 bits per heavy atom. The summed E-state index contributed by atoms with van der Waals surface area (Å²) in [5.74, 6) is 2.46. The number of carbonyl (C=O) groups excluding carboxylic acids is 1. The summed E-state index contributed by atoms with van der Waals surface area (Å²) in [5, 5.41) is 11.3. The largest absolute Gasteiger partial charge is 0.458 e. The first-order chi connectivity index (χ1) is 15.9. The Kier molecular flexibility index (Phi) is 5.70. The highest BCUT2D eigenvalue weighted by Gasteiger charge is 2.63. The molecule has 2 heterocycles. The fraction of sp³-hybridized carbons (Fsp3) is 0.893. The van der Waals surface area contributed by atoms with E-state index in [0.29, 0.717) is 35.9 Å². The van der Waals surface area contributed by atoms with Crippen molar-refractivity contribution in [3.8, 4) is 0 Å². The molecule has 6 aliphatic rings. The van der Waals surface area contributed by atoms with Crippen molar-refractivity contribution >= 4 is 5.97 Å². The van der Waals surface area contributed by atoms with Gasteiger partial charge in [-0.1, -0.05) is 13.8 Å². The number of carbonyl (C=O) groups is 1. The standard InChI is InChI=1S/C28H42O5/c1-27-10-8-19(33-25-5-3-4-12-31-25)14-18(27)6-7-20-21(27)9-11-28(2)22(15-23(29)26(20)28)17-13-24(30)32-16-17/h13,18-23,25-26,29H,3-12,14-16H2,1-2H3/t18-,19+,20-,21+,22-,23-,25?,26-,27+,28-/m1/s1. The number of fused-ring (bicyclic) bond motifs is 5. The fourth-order valence-electron chi connectivity index (χ4n) is 9.61. The van der Waals surface area contributed by atoms with E-state index >= 15 is 0 Å².